The third-order valence-electron chi connectivity index (χ3n) is 4.13. The second-order valence-electron chi connectivity index (χ2n) is 5.98. The number of esters is 2. The molecule has 8 nitrogen and oxygen atoms in total. The van der Waals surface area contributed by atoms with Crippen LogP contribution in [0.4, 0.5) is 0 Å². The summed E-state index contributed by atoms with van der Waals surface area (Å²) in [6, 6.07) is 9.70. The molecule has 1 aromatic rings. The standard InChI is InChI=1S/C19H26O8/c1-22-17(20)12-24-11-16-19(27-10-14-6-4-3-5-7-14)15(8-9-25-16)26-13-18(21)23-2/h3-7,15-16,19H,8-13H2,1-2H3/t15-,16-,19+/m1/s1. The number of methoxy groups -OCH3 is 2. The minimum Gasteiger partial charge on any atom is -0.467 e. The summed E-state index contributed by atoms with van der Waals surface area (Å²) in [7, 11) is 2.60. The number of carbonyl (C=O) groups excluding carboxylic acids is 2. The molecule has 1 saturated heterocycles. The molecule has 0 N–H and O–H groups in total. The van der Waals surface area contributed by atoms with Crippen LogP contribution in [-0.2, 0) is 44.6 Å². The Balaban J connectivity index is 1.97. The van der Waals surface area contributed by atoms with Crippen molar-refractivity contribution >= 4 is 11.9 Å². The van der Waals surface area contributed by atoms with Gasteiger partial charge in [0.2, 0.25) is 0 Å². The first-order chi connectivity index (χ1) is 13.1. The van der Waals surface area contributed by atoms with Gasteiger partial charge in [0, 0.05) is 6.61 Å². The molecule has 0 amide bonds. The van der Waals surface area contributed by atoms with Gasteiger partial charge < -0.3 is 28.4 Å². The van der Waals surface area contributed by atoms with Crippen LogP contribution in [0.15, 0.2) is 30.3 Å². The molecule has 0 radical (unpaired) electrons. The van der Waals surface area contributed by atoms with E-state index in [1.54, 1.807) is 0 Å². The van der Waals surface area contributed by atoms with Gasteiger partial charge in [-0.1, -0.05) is 30.3 Å². The van der Waals surface area contributed by atoms with Crippen molar-refractivity contribution in [2.75, 3.05) is 40.6 Å². The number of hydrogen-bond acceptors (Lipinski definition) is 8. The molecule has 2 rings (SSSR count). The van der Waals surface area contributed by atoms with Crippen molar-refractivity contribution in [2.45, 2.75) is 31.3 Å². The maximum Gasteiger partial charge on any atom is 0.331 e. The zero-order valence-electron chi connectivity index (χ0n) is 15.6. The van der Waals surface area contributed by atoms with Crippen molar-refractivity contribution in [2.24, 2.45) is 0 Å². The Morgan fingerprint density at radius 3 is 2.44 bits per heavy atom. The zero-order chi connectivity index (χ0) is 19.5. The molecular formula is C19H26O8. The maximum atomic E-state index is 11.4. The number of rotatable bonds is 10. The highest BCUT2D eigenvalue weighted by molar-refractivity contribution is 5.70. The summed E-state index contributed by atoms with van der Waals surface area (Å²) in [5.41, 5.74) is 1.00. The van der Waals surface area contributed by atoms with Crippen LogP contribution in [0.3, 0.4) is 0 Å². The van der Waals surface area contributed by atoms with Crippen LogP contribution in [0.1, 0.15) is 12.0 Å². The van der Waals surface area contributed by atoms with Gasteiger partial charge >= 0.3 is 11.9 Å². The van der Waals surface area contributed by atoms with E-state index in [2.05, 4.69) is 9.47 Å². The Hall–Kier alpha value is -2.00. The van der Waals surface area contributed by atoms with E-state index in [-0.39, 0.29) is 25.9 Å². The molecule has 3 atom stereocenters. The molecule has 1 aromatic carbocycles. The second-order valence-corrected chi connectivity index (χ2v) is 5.98. The van der Waals surface area contributed by atoms with Crippen LogP contribution in [0.5, 0.6) is 0 Å². The highest BCUT2D eigenvalue weighted by atomic mass is 16.6. The molecule has 0 unspecified atom stereocenters. The highest BCUT2D eigenvalue weighted by Crippen LogP contribution is 2.23. The SMILES string of the molecule is COC(=O)COC[C@H]1OCC[C@@H](OCC(=O)OC)[C@@H]1OCc1ccccc1. The van der Waals surface area contributed by atoms with Crippen LogP contribution >= 0.6 is 0 Å². The van der Waals surface area contributed by atoms with E-state index in [0.717, 1.165) is 5.56 Å². The van der Waals surface area contributed by atoms with Gasteiger partial charge in [0.15, 0.2) is 0 Å². The summed E-state index contributed by atoms with van der Waals surface area (Å²) in [5.74, 6) is -0.923. The second kappa shape index (κ2) is 11.7. The quantitative estimate of drug-likeness (QED) is 0.556. The number of carbonyl (C=O) groups is 2. The first kappa shape index (κ1) is 21.3. The fourth-order valence-electron chi connectivity index (χ4n) is 2.69. The lowest BCUT2D eigenvalue weighted by Gasteiger charge is -2.37. The van der Waals surface area contributed by atoms with Gasteiger partial charge in [-0.25, -0.2) is 9.59 Å². The molecule has 0 bridgehead atoms. The molecule has 0 aliphatic carbocycles. The van der Waals surface area contributed by atoms with Crippen molar-refractivity contribution in [3.05, 3.63) is 35.9 Å². The average molecular weight is 382 g/mol. The maximum absolute atomic E-state index is 11.4. The fourth-order valence-corrected chi connectivity index (χ4v) is 2.69. The molecule has 0 aromatic heterocycles. The Morgan fingerprint density at radius 2 is 1.74 bits per heavy atom. The topological polar surface area (TPSA) is 89.5 Å². The molecule has 1 aliphatic heterocycles. The predicted octanol–water partition coefficient (Wildman–Crippen LogP) is 1.11. The highest BCUT2D eigenvalue weighted by Gasteiger charge is 2.36. The van der Waals surface area contributed by atoms with Crippen LogP contribution in [-0.4, -0.2) is 70.9 Å². The first-order valence-corrected chi connectivity index (χ1v) is 8.74. The third kappa shape index (κ3) is 7.26. The summed E-state index contributed by atoms with van der Waals surface area (Å²) in [4.78, 5) is 22.6. The van der Waals surface area contributed by atoms with Gasteiger partial charge in [-0.2, -0.15) is 0 Å². The summed E-state index contributed by atoms with van der Waals surface area (Å²) in [6.07, 6.45) is -0.673. The summed E-state index contributed by atoms with van der Waals surface area (Å²) in [6.45, 7) is 0.605. The fraction of sp³-hybridized carbons (Fsp3) is 0.579. The molecule has 8 heteroatoms. The Morgan fingerprint density at radius 1 is 1.04 bits per heavy atom. The average Bonchev–Trinajstić information content (AvgIpc) is 2.71. The molecule has 0 spiro atoms. The minimum absolute atomic E-state index is 0.145. The summed E-state index contributed by atoms with van der Waals surface area (Å²) in [5, 5.41) is 0. The molecule has 1 heterocycles. The summed E-state index contributed by atoms with van der Waals surface area (Å²) < 4.78 is 32.1. The van der Waals surface area contributed by atoms with Crippen molar-refractivity contribution < 1.29 is 38.0 Å². The van der Waals surface area contributed by atoms with E-state index in [1.165, 1.54) is 14.2 Å². The molecule has 27 heavy (non-hydrogen) atoms. The Bertz CT molecular complexity index is 576. The molecule has 1 aliphatic rings. The van der Waals surface area contributed by atoms with Gasteiger partial charge in [-0.15, -0.1) is 0 Å². The third-order valence-corrected chi connectivity index (χ3v) is 4.13. The lowest BCUT2D eigenvalue weighted by atomic mass is 10.0. The van der Waals surface area contributed by atoms with Gasteiger partial charge in [-0.3, -0.25) is 0 Å². The lowest BCUT2D eigenvalue weighted by molar-refractivity contribution is -0.199. The normalized spacial score (nSPS) is 22.2. The van der Waals surface area contributed by atoms with Gasteiger partial charge in [-0.05, 0) is 12.0 Å². The van der Waals surface area contributed by atoms with Gasteiger partial charge in [0.25, 0.3) is 0 Å². The van der Waals surface area contributed by atoms with E-state index in [9.17, 15) is 9.59 Å². The summed E-state index contributed by atoms with van der Waals surface area (Å²) >= 11 is 0. The van der Waals surface area contributed by atoms with Crippen molar-refractivity contribution in [1.82, 2.24) is 0 Å². The zero-order valence-corrected chi connectivity index (χ0v) is 15.6. The van der Waals surface area contributed by atoms with Crippen molar-refractivity contribution in [3.63, 3.8) is 0 Å². The van der Waals surface area contributed by atoms with Crippen molar-refractivity contribution in [3.8, 4) is 0 Å². The van der Waals surface area contributed by atoms with E-state index in [0.29, 0.717) is 19.6 Å². The monoisotopic (exact) mass is 382 g/mol. The molecule has 150 valence electrons. The minimum atomic E-state index is -0.467. The predicted molar refractivity (Wildman–Crippen MR) is 94.0 cm³/mol. The van der Waals surface area contributed by atoms with Crippen LogP contribution < -0.4 is 0 Å². The van der Waals surface area contributed by atoms with Crippen LogP contribution in [0, 0.1) is 0 Å². The van der Waals surface area contributed by atoms with E-state index in [1.807, 2.05) is 30.3 Å². The van der Waals surface area contributed by atoms with Gasteiger partial charge in [0.05, 0.1) is 33.5 Å². The largest absolute Gasteiger partial charge is 0.467 e. The lowest BCUT2D eigenvalue weighted by Crippen LogP contribution is -2.50. The number of ether oxygens (including phenoxy) is 6. The van der Waals surface area contributed by atoms with E-state index in [4.69, 9.17) is 18.9 Å². The number of hydrogen-bond donors (Lipinski definition) is 0. The van der Waals surface area contributed by atoms with Crippen molar-refractivity contribution in [1.29, 1.82) is 0 Å². The molecular weight excluding hydrogens is 356 g/mol. The first-order valence-electron chi connectivity index (χ1n) is 8.74. The molecule has 0 saturated carbocycles. The van der Waals surface area contributed by atoms with Crippen LogP contribution in [0.2, 0.25) is 0 Å². The number of benzene rings is 1. The smallest absolute Gasteiger partial charge is 0.331 e. The Kier molecular flexibility index (Phi) is 9.20. The van der Waals surface area contributed by atoms with Gasteiger partial charge in [0.1, 0.15) is 25.4 Å². The van der Waals surface area contributed by atoms with Crippen LogP contribution in [0.25, 0.3) is 0 Å². The molecule has 1 fully saturated rings. The Labute approximate surface area is 158 Å². The van der Waals surface area contributed by atoms with E-state index < -0.39 is 24.1 Å². The van der Waals surface area contributed by atoms with E-state index >= 15 is 0 Å².